The van der Waals surface area contributed by atoms with Crippen molar-refractivity contribution in [1.29, 1.82) is 0 Å². The molecule has 5 heteroatoms. The van der Waals surface area contributed by atoms with E-state index in [4.69, 9.17) is 5.11 Å². The number of carboxylic acids is 1. The molecular weight excluding hydrogens is 208 g/mol. The lowest BCUT2D eigenvalue weighted by atomic mass is 9.89. The Balaban J connectivity index is 2.39. The fourth-order valence-electron chi connectivity index (χ4n) is 1.21. The van der Waals surface area contributed by atoms with Gasteiger partial charge in [-0.15, -0.1) is 0 Å². The van der Waals surface area contributed by atoms with E-state index in [0.717, 1.165) is 5.56 Å². The normalized spacial score (nSPS) is 11.1. The van der Waals surface area contributed by atoms with Crippen molar-refractivity contribution < 1.29 is 14.7 Å². The van der Waals surface area contributed by atoms with E-state index in [2.05, 4.69) is 10.3 Å². The molecule has 3 N–H and O–H groups in total. The second kappa shape index (κ2) is 4.83. The number of hydrogen-bond donors (Lipinski definition) is 3. The Bertz CT molecular complexity index is 369. The Hall–Kier alpha value is -1.78. The molecule has 0 fully saturated rings. The first-order valence-corrected chi connectivity index (χ1v) is 5.03. The molecule has 1 rings (SSSR count). The summed E-state index contributed by atoms with van der Waals surface area (Å²) in [7, 11) is 0. The van der Waals surface area contributed by atoms with Gasteiger partial charge < -0.3 is 15.4 Å². The van der Waals surface area contributed by atoms with E-state index in [1.807, 2.05) is 6.07 Å². The van der Waals surface area contributed by atoms with Gasteiger partial charge in [0.15, 0.2) is 0 Å². The maximum absolute atomic E-state index is 11.5. The summed E-state index contributed by atoms with van der Waals surface area (Å²) >= 11 is 0. The average Bonchev–Trinajstić information content (AvgIpc) is 2.66. The van der Waals surface area contributed by atoms with Crippen LogP contribution in [0, 0.1) is 5.41 Å². The Kier molecular flexibility index (Phi) is 3.71. The molecule has 0 atom stereocenters. The third kappa shape index (κ3) is 3.42. The Labute approximate surface area is 93.9 Å². The van der Waals surface area contributed by atoms with Crippen LogP contribution < -0.4 is 5.32 Å². The van der Waals surface area contributed by atoms with E-state index in [0.29, 0.717) is 6.54 Å². The van der Waals surface area contributed by atoms with Gasteiger partial charge in [0.1, 0.15) is 0 Å². The average molecular weight is 224 g/mol. The third-order valence-corrected chi connectivity index (χ3v) is 2.33. The van der Waals surface area contributed by atoms with E-state index in [1.54, 1.807) is 12.4 Å². The molecule has 1 amide bonds. The van der Waals surface area contributed by atoms with Crippen molar-refractivity contribution in [1.82, 2.24) is 10.3 Å². The first-order chi connectivity index (χ1) is 7.42. The van der Waals surface area contributed by atoms with Crippen LogP contribution in [0.15, 0.2) is 18.5 Å². The standard InChI is InChI=1S/C11H16N2O3/c1-11(2,10(15)16)5-9(14)13-7-8-3-4-12-6-8/h3-4,6,12H,5,7H2,1-2H3,(H,13,14)(H,15,16). The lowest BCUT2D eigenvalue weighted by Crippen LogP contribution is -2.33. The zero-order chi connectivity index (χ0) is 12.2. The smallest absolute Gasteiger partial charge is 0.309 e. The SMILES string of the molecule is CC(C)(CC(=O)NCc1cc[nH]c1)C(=O)O. The summed E-state index contributed by atoms with van der Waals surface area (Å²) in [4.78, 5) is 25.2. The number of aromatic amines is 1. The second-order valence-corrected chi connectivity index (χ2v) is 4.36. The number of carboxylic acid groups (broad SMARTS) is 1. The van der Waals surface area contributed by atoms with E-state index in [-0.39, 0.29) is 12.3 Å². The van der Waals surface area contributed by atoms with Crippen LogP contribution in [0.1, 0.15) is 25.8 Å². The number of amides is 1. The molecule has 1 aromatic rings. The lowest BCUT2D eigenvalue weighted by Gasteiger charge is -2.17. The highest BCUT2D eigenvalue weighted by Gasteiger charge is 2.29. The number of aromatic nitrogens is 1. The molecule has 16 heavy (non-hydrogen) atoms. The van der Waals surface area contributed by atoms with Gasteiger partial charge in [-0.3, -0.25) is 9.59 Å². The minimum atomic E-state index is -1.03. The summed E-state index contributed by atoms with van der Waals surface area (Å²) in [5.74, 6) is -1.22. The van der Waals surface area contributed by atoms with Crippen molar-refractivity contribution in [2.24, 2.45) is 5.41 Å². The van der Waals surface area contributed by atoms with Crippen LogP contribution in [-0.2, 0) is 16.1 Å². The number of rotatable bonds is 5. The molecule has 0 aliphatic carbocycles. The molecule has 0 saturated heterocycles. The van der Waals surface area contributed by atoms with Gasteiger partial charge in [-0.1, -0.05) is 0 Å². The minimum absolute atomic E-state index is 0.0211. The molecule has 1 aromatic heterocycles. The molecule has 0 bridgehead atoms. The third-order valence-electron chi connectivity index (χ3n) is 2.33. The van der Waals surface area contributed by atoms with Crippen molar-refractivity contribution in [3.8, 4) is 0 Å². The van der Waals surface area contributed by atoms with Crippen molar-refractivity contribution in [3.63, 3.8) is 0 Å². The van der Waals surface area contributed by atoms with Crippen LogP contribution in [0.4, 0.5) is 0 Å². The van der Waals surface area contributed by atoms with Crippen LogP contribution in [0.3, 0.4) is 0 Å². The maximum Gasteiger partial charge on any atom is 0.309 e. The van der Waals surface area contributed by atoms with Gasteiger partial charge >= 0.3 is 5.97 Å². The molecular formula is C11H16N2O3. The number of nitrogens with one attached hydrogen (secondary N) is 2. The quantitative estimate of drug-likeness (QED) is 0.701. The van der Waals surface area contributed by atoms with Crippen molar-refractivity contribution in [2.45, 2.75) is 26.8 Å². The maximum atomic E-state index is 11.5. The fraction of sp³-hybridized carbons (Fsp3) is 0.455. The van der Waals surface area contributed by atoms with E-state index in [9.17, 15) is 9.59 Å². The zero-order valence-corrected chi connectivity index (χ0v) is 9.41. The van der Waals surface area contributed by atoms with Crippen LogP contribution in [-0.4, -0.2) is 22.0 Å². The van der Waals surface area contributed by atoms with Crippen LogP contribution in [0.5, 0.6) is 0 Å². The highest BCUT2D eigenvalue weighted by atomic mass is 16.4. The molecule has 1 heterocycles. The summed E-state index contributed by atoms with van der Waals surface area (Å²) in [5, 5.41) is 11.5. The topological polar surface area (TPSA) is 82.2 Å². The number of carbonyl (C=O) groups is 2. The summed E-state index contributed by atoms with van der Waals surface area (Å²) in [5.41, 5.74) is -0.0659. The molecule has 0 spiro atoms. The van der Waals surface area contributed by atoms with Gasteiger partial charge in [-0.25, -0.2) is 0 Å². The predicted molar refractivity (Wildman–Crippen MR) is 58.7 cm³/mol. The van der Waals surface area contributed by atoms with Gasteiger partial charge in [0, 0.05) is 25.4 Å². The number of aliphatic carboxylic acids is 1. The summed E-state index contributed by atoms with van der Waals surface area (Å²) in [6.45, 7) is 3.48. The molecule has 0 unspecified atom stereocenters. The Morgan fingerprint density at radius 1 is 1.50 bits per heavy atom. The Morgan fingerprint density at radius 2 is 2.19 bits per heavy atom. The molecule has 0 aromatic carbocycles. The summed E-state index contributed by atoms with van der Waals surface area (Å²) < 4.78 is 0. The van der Waals surface area contributed by atoms with E-state index in [1.165, 1.54) is 13.8 Å². The molecule has 0 radical (unpaired) electrons. The van der Waals surface area contributed by atoms with E-state index < -0.39 is 11.4 Å². The molecule has 0 aliphatic rings. The lowest BCUT2D eigenvalue weighted by molar-refractivity contribution is -0.149. The van der Waals surface area contributed by atoms with Crippen molar-refractivity contribution in [3.05, 3.63) is 24.0 Å². The highest BCUT2D eigenvalue weighted by molar-refractivity contribution is 5.84. The van der Waals surface area contributed by atoms with Gasteiger partial charge in [-0.2, -0.15) is 0 Å². The van der Waals surface area contributed by atoms with Crippen LogP contribution in [0.2, 0.25) is 0 Å². The minimum Gasteiger partial charge on any atom is -0.481 e. The zero-order valence-electron chi connectivity index (χ0n) is 9.41. The van der Waals surface area contributed by atoms with E-state index >= 15 is 0 Å². The number of carbonyl (C=O) groups excluding carboxylic acids is 1. The van der Waals surface area contributed by atoms with Gasteiger partial charge in [0.2, 0.25) is 5.91 Å². The number of hydrogen-bond acceptors (Lipinski definition) is 2. The van der Waals surface area contributed by atoms with Crippen LogP contribution in [0.25, 0.3) is 0 Å². The van der Waals surface area contributed by atoms with Gasteiger partial charge in [0.05, 0.1) is 5.41 Å². The molecule has 5 nitrogen and oxygen atoms in total. The first kappa shape index (κ1) is 12.3. The van der Waals surface area contributed by atoms with Crippen molar-refractivity contribution >= 4 is 11.9 Å². The molecule has 0 saturated carbocycles. The highest BCUT2D eigenvalue weighted by Crippen LogP contribution is 2.19. The predicted octanol–water partition coefficient (Wildman–Crippen LogP) is 1.13. The molecule has 88 valence electrons. The van der Waals surface area contributed by atoms with Gasteiger partial charge in [0.25, 0.3) is 0 Å². The first-order valence-electron chi connectivity index (χ1n) is 5.03. The van der Waals surface area contributed by atoms with Gasteiger partial charge in [-0.05, 0) is 25.5 Å². The largest absolute Gasteiger partial charge is 0.481 e. The Morgan fingerprint density at radius 3 is 2.69 bits per heavy atom. The monoisotopic (exact) mass is 224 g/mol. The molecule has 0 aliphatic heterocycles. The summed E-state index contributed by atoms with van der Waals surface area (Å²) in [6.07, 6.45) is 3.53. The number of H-pyrrole nitrogens is 1. The second-order valence-electron chi connectivity index (χ2n) is 4.36. The van der Waals surface area contributed by atoms with Crippen LogP contribution >= 0.6 is 0 Å². The fourth-order valence-corrected chi connectivity index (χ4v) is 1.21. The van der Waals surface area contributed by atoms with Crippen molar-refractivity contribution in [2.75, 3.05) is 0 Å². The summed E-state index contributed by atoms with van der Waals surface area (Å²) in [6, 6.07) is 1.85.